The van der Waals surface area contributed by atoms with Crippen LogP contribution in [0.25, 0.3) is 56.3 Å². The Morgan fingerprint density at radius 3 is 2.18 bits per heavy atom. The summed E-state index contributed by atoms with van der Waals surface area (Å²) in [6.07, 6.45) is 8.16. The summed E-state index contributed by atoms with van der Waals surface area (Å²) in [7, 11) is 0. The fraction of sp³-hybridized carbons (Fsp3) is 0.182. The SMILES string of the molecule is Cc1nc(-n2cnc3ccccc32)nc2c1[nH]c(=O)n2[C@@H]1CCC(n2c(=O)n(C3CCOc4c(C#N)cccc43)c3nc(-n4cnc5ccccc54)ncc32)c2ncccc21. The van der Waals surface area contributed by atoms with Crippen molar-refractivity contribution in [1.29, 1.82) is 5.26 Å². The molecule has 2 unspecified atom stereocenters. The zero-order valence-corrected chi connectivity index (χ0v) is 32.4. The molecule has 61 heavy (non-hydrogen) atoms. The molecule has 3 aromatic carbocycles. The van der Waals surface area contributed by atoms with E-state index in [4.69, 9.17) is 29.7 Å². The Bertz CT molecular complexity index is 3600. The van der Waals surface area contributed by atoms with Gasteiger partial charge in [-0.3, -0.25) is 27.8 Å². The number of para-hydroxylation sites is 5. The van der Waals surface area contributed by atoms with Gasteiger partial charge in [0.15, 0.2) is 11.3 Å². The van der Waals surface area contributed by atoms with Gasteiger partial charge in [-0.1, -0.05) is 42.5 Å². The first-order valence-corrected chi connectivity index (χ1v) is 19.9. The van der Waals surface area contributed by atoms with Crippen LogP contribution >= 0.6 is 0 Å². The van der Waals surface area contributed by atoms with Gasteiger partial charge in [-0.05, 0) is 61.7 Å². The maximum Gasteiger partial charge on any atom is 0.331 e. The van der Waals surface area contributed by atoms with Crippen molar-refractivity contribution in [2.45, 2.75) is 44.3 Å². The summed E-state index contributed by atoms with van der Waals surface area (Å²) in [5.41, 5.74) is 7.74. The minimum atomic E-state index is -0.540. The van der Waals surface area contributed by atoms with Gasteiger partial charge in [-0.15, -0.1) is 0 Å². The van der Waals surface area contributed by atoms with E-state index < -0.39 is 18.1 Å². The number of fused-ring (bicyclic) bond motifs is 6. The van der Waals surface area contributed by atoms with Crippen LogP contribution in [0, 0.1) is 18.3 Å². The highest BCUT2D eigenvalue weighted by atomic mass is 16.5. The van der Waals surface area contributed by atoms with Crippen molar-refractivity contribution in [3.63, 3.8) is 0 Å². The van der Waals surface area contributed by atoms with Gasteiger partial charge in [0.05, 0.1) is 69.9 Å². The molecule has 0 amide bonds. The van der Waals surface area contributed by atoms with Crippen LogP contribution in [-0.2, 0) is 0 Å². The molecule has 0 saturated heterocycles. The lowest BCUT2D eigenvalue weighted by Crippen LogP contribution is -2.36. The van der Waals surface area contributed by atoms with Gasteiger partial charge in [0, 0.05) is 18.2 Å². The van der Waals surface area contributed by atoms with Crippen LogP contribution in [0.5, 0.6) is 5.75 Å². The highest BCUT2D eigenvalue weighted by Gasteiger charge is 2.37. The fourth-order valence-electron chi connectivity index (χ4n) is 9.35. The molecule has 0 bridgehead atoms. The van der Waals surface area contributed by atoms with E-state index in [0.29, 0.717) is 82.8 Å². The summed E-state index contributed by atoms with van der Waals surface area (Å²) >= 11 is 0. The van der Waals surface area contributed by atoms with Crippen LogP contribution in [0.3, 0.4) is 0 Å². The molecule has 12 rings (SSSR count). The first kappa shape index (κ1) is 34.8. The Labute approximate surface area is 343 Å². The van der Waals surface area contributed by atoms with Gasteiger partial charge in [0.25, 0.3) is 0 Å². The monoisotopic (exact) mass is 804 g/mol. The normalized spacial score (nSPS) is 17.4. The van der Waals surface area contributed by atoms with Crippen molar-refractivity contribution in [2.24, 2.45) is 0 Å². The number of aromatic amines is 1. The molecule has 0 fully saturated rings. The van der Waals surface area contributed by atoms with E-state index in [-0.39, 0.29) is 11.4 Å². The number of nitriles is 1. The van der Waals surface area contributed by atoms with E-state index in [9.17, 15) is 10.1 Å². The number of hydrogen-bond donors (Lipinski definition) is 1. The Hall–Kier alpha value is -8.26. The van der Waals surface area contributed by atoms with Crippen LogP contribution < -0.4 is 16.1 Å². The van der Waals surface area contributed by atoms with Gasteiger partial charge in [-0.25, -0.2) is 29.5 Å². The van der Waals surface area contributed by atoms with Crippen molar-refractivity contribution < 1.29 is 4.74 Å². The van der Waals surface area contributed by atoms with Crippen molar-refractivity contribution in [2.75, 3.05) is 6.61 Å². The zero-order chi connectivity index (χ0) is 40.9. The van der Waals surface area contributed by atoms with Crippen molar-refractivity contribution in [3.05, 3.63) is 153 Å². The van der Waals surface area contributed by atoms with E-state index >= 15 is 4.79 Å². The van der Waals surface area contributed by atoms with Crippen molar-refractivity contribution in [1.82, 2.24) is 62.7 Å². The summed E-state index contributed by atoms with van der Waals surface area (Å²) in [4.78, 5) is 66.0. The number of nitrogens with one attached hydrogen (secondary N) is 1. The molecule has 0 radical (unpaired) electrons. The smallest absolute Gasteiger partial charge is 0.331 e. The Morgan fingerprint density at radius 2 is 1.39 bits per heavy atom. The molecule has 1 N–H and O–H groups in total. The number of imidazole rings is 4. The zero-order valence-electron chi connectivity index (χ0n) is 32.4. The predicted octanol–water partition coefficient (Wildman–Crippen LogP) is 5.62. The fourth-order valence-corrected chi connectivity index (χ4v) is 9.35. The van der Waals surface area contributed by atoms with Crippen LogP contribution in [0.4, 0.5) is 0 Å². The largest absolute Gasteiger partial charge is 0.492 e. The molecule has 10 aromatic rings. The third kappa shape index (κ3) is 5.08. The van der Waals surface area contributed by atoms with E-state index in [0.717, 1.165) is 33.2 Å². The predicted molar refractivity (Wildman–Crippen MR) is 223 cm³/mol. The van der Waals surface area contributed by atoms with Gasteiger partial charge in [0.2, 0.25) is 11.9 Å². The van der Waals surface area contributed by atoms with Crippen LogP contribution in [0.15, 0.2) is 114 Å². The molecule has 17 nitrogen and oxygen atoms in total. The first-order chi connectivity index (χ1) is 30.0. The van der Waals surface area contributed by atoms with Gasteiger partial charge in [0.1, 0.15) is 35.5 Å². The minimum Gasteiger partial charge on any atom is -0.492 e. The molecule has 1 aliphatic heterocycles. The molecule has 3 atom stereocenters. The second kappa shape index (κ2) is 13.1. The molecule has 17 heteroatoms. The number of hydrogen-bond acceptors (Lipinski definition) is 11. The topological polar surface area (TPSA) is 198 Å². The lowest BCUT2D eigenvalue weighted by molar-refractivity contribution is 0.254. The van der Waals surface area contributed by atoms with Crippen molar-refractivity contribution >= 4 is 44.4 Å². The van der Waals surface area contributed by atoms with E-state index in [1.807, 2.05) is 84.3 Å². The van der Waals surface area contributed by atoms with Crippen LogP contribution in [0.1, 0.15) is 65.5 Å². The summed E-state index contributed by atoms with van der Waals surface area (Å²) in [6, 6.07) is 25.4. The molecular formula is C44H32N14O3. The highest BCUT2D eigenvalue weighted by Crippen LogP contribution is 2.42. The maximum absolute atomic E-state index is 15.3. The molecule has 0 saturated carbocycles. The molecule has 0 spiro atoms. The molecule has 7 aromatic heterocycles. The lowest BCUT2D eigenvalue weighted by Gasteiger charge is -2.31. The number of ether oxygens (including phenoxy) is 1. The van der Waals surface area contributed by atoms with Gasteiger partial charge < -0.3 is 9.72 Å². The Balaban J connectivity index is 1.03. The summed E-state index contributed by atoms with van der Waals surface area (Å²) in [5.74, 6) is 1.21. The number of pyridine rings is 1. The third-order valence-corrected chi connectivity index (χ3v) is 12.1. The molecule has 2 aliphatic rings. The average molecular weight is 805 g/mol. The Morgan fingerprint density at radius 1 is 0.689 bits per heavy atom. The van der Waals surface area contributed by atoms with Crippen molar-refractivity contribution in [3.8, 4) is 23.7 Å². The third-order valence-electron chi connectivity index (χ3n) is 12.1. The lowest BCUT2D eigenvalue weighted by atomic mass is 9.87. The van der Waals surface area contributed by atoms with E-state index in [1.165, 1.54) is 0 Å². The summed E-state index contributed by atoms with van der Waals surface area (Å²) in [6.45, 7) is 2.15. The van der Waals surface area contributed by atoms with Gasteiger partial charge >= 0.3 is 11.4 Å². The Kier molecular flexibility index (Phi) is 7.48. The summed E-state index contributed by atoms with van der Waals surface area (Å²) in [5, 5.41) is 9.97. The number of nitrogens with zero attached hydrogens (tertiary/aromatic N) is 13. The maximum atomic E-state index is 15.3. The number of H-pyrrole nitrogens is 1. The highest BCUT2D eigenvalue weighted by molar-refractivity contribution is 5.79. The molecule has 296 valence electrons. The quantitative estimate of drug-likeness (QED) is 0.227. The number of benzene rings is 3. The van der Waals surface area contributed by atoms with Gasteiger partial charge in [-0.2, -0.15) is 15.2 Å². The number of aromatic nitrogens is 13. The standard InChI is InChI=1S/C44H32N14O3/c1-24-36-40(53-42(50-24)55-23-49-29-12-3-5-14-33(29)55)57(43(59)51-36)30-15-16-34(37-26(30)10-7-18-46-37)56-35-21-47-41(54-22-48-28-11-2-4-13-32(28)54)52-39(35)58(44(56)60)31-17-19-61-38-25(20-45)8-6-9-27(31)38/h2-14,18,21-23,30-31,34H,15-17,19H2,1H3,(H,51,59)/t30-,31?,34?/m1/s1. The average Bonchev–Trinajstić information content (AvgIpc) is 4.07. The van der Waals surface area contributed by atoms with E-state index in [1.54, 1.807) is 49.4 Å². The molecule has 1 aliphatic carbocycles. The minimum absolute atomic E-state index is 0.302. The number of aryl methyl sites for hydroxylation is 1. The second-order valence-electron chi connectivity index (χ2n) is 15.3. The first-order valence-electron chi connectivity index (χ1n) is 19.9. The summed E-state index contributed by atoms with van der Waals surface area (Å²) < 4.78 is 14.8. The van der Waals surface area contributed by atoms with E-state index in [2.05, 4.69) is 21.0 Å². The molecule has 8 heterocycles. The number of rotatable bonds is 5. The molecular weight excluding hydrogens is 773 g/mol. The van der Waals surface area contributed by atoms with Crippen LogP contribution in [-0.4, -0.2) is 69.3 Å². The second-order valence-corrected chi connectivity index (χ2v) is 15.3. The van der Waals surface area contributed by atoms with Crippen LogP contribution in [0.2, 0.25) is 0 Å².